The summed E-state index contributed by atoms with van der Waals surface area (Å²) in [7, 11) is 0. The smallest absolute Gasteiger partial charge is 0.220 e. The van der Waals surface area contributed by atoms with Crippen molar-refractivity contribution in [1.82, 2.24) is 10.6 Å². The third-order valence-corrected chi connectivity index (χ3v) is 3.22. The third-order valence-electron chi connectivity index (χ3n) is 3.22. The molecule has 0 radical (unpaired) electrons. The van der Waals surface area contributed by atoms with Gasteiger partial charge in [-0.3, -0.25) is 4.79 Å². The molecule has 1 aliphatic rings. The summed E-state index contributed by atoms with van der Waals surface area (Å²) >= 11 is 0. The molecule has 0 aromatic rings. The van der Waals surface area contributed by atoms with Gasteiger partial charge in [-0.05, 0) is 25.8 Å². The molecule has 0 spiro atoms. The molecule has 1 saturated heterocycles. The van der Waals surface area contributed by atoms with Gasteiger partial charge in [-0.25, -0.2) is 0 Å². The Morgan fingerprint density at radius 1 is 1.31 bits per heavy atom. The Morgan fingerprint density at radius 3 is 2.88 bits per heavy atom. The highest BCUT2D eigenvalue weighted by Gasteiger charge is 2.12. The van der Waals surface area contributed by atoms with Gasteiger partial charge in [0.2, 0.25) is 5.91 Å². The summed E-state index contributed by atoms with van der Waals surface area (Å²) in [4.78, 5) is 11.5. The Hall–Kier alpha value is -0.570. The zero-order chi connectivity index (χ0) is 11.6. The molecule has 94 valence electrons. The quantitative estimate of drug-likeness (QED) is 0.654. The number of nitrogens with one attached hydrogen (secondary N) is 2. The lowest BCUT2D eigenvalue weighted by Crippen LogP contribution is -2.43. The van der Waals surface area contributed by atoms with Gasteiger partial charge in [-0.15, -0.1) is 0 Å². The highest BCUT2D eigenvalue weighted by atomic mass is 16.1. The molecule has 1 rings (SSSR count). The Bertz CT molecular complexity index is 188. The number of hydrogen-bond acceptors (Lipinski definition) is 2. The predicted molar refractivity (Wildman–Crippen MR) is 67.4 cm³/mol. The van der Waals surface area contributed by atoms with Gasteiger partial charge in [0.05, 0.1) is 0 Å². The van der Waals surface area contributed by atoms with Crippen LogP contribution in [-0.2, 0) is 4.79 Å². The summed E-state index contributed by atoms with van der Waals surface area (Å²) in [6, 6.07) is 0.508. The van der Waals surface area contributed by atoms with E-state index < -0.39 is 0 Å². The van der Waals surface area contributed by atoms with E-state index in [1.807, 2.05) is 0 Å². The molecule has 3 nitrogen and oxygen atoms in total. The summed E-state index contributed by atoms with van der Waals surface area (Å²) in [6.07, 6.45) is 9.18. The maximum absolute atomic E-state index is 11.5. The number of piperidine rings is 1. The van der Waals surface area contributed by atoms with Crippen LogP contribution in [0, 0.1) is 0 Å². The van der Waals surface area contributed by atoms with Crippen LogP contribution in [0.5, 0.6) is 0 Å². The maximum atomic E-state index is 11.5. The number of hydrogen-bond donors (Lipinski definition) is 2. The monoisotopic (exact) mass is 226 g/mol. The second-order valence-electron chi connectivity index (χ2n) is 4.76. The molecule has 0 bridgehead atoms. The lowest BCUT2D eigenvalue weighted by molar-refractivity contribution is -0.121. The van der Waals surface area contributed by atoms with Gasteiger partial charge in [0.1, 0.15) is 0 Å². The van der Waals surface area contributed by atoms with E-state index in [-0.39, 0.29) is 5.91 Å². The fourth-order valence-electron chi connectivity index (χ4n) is 2.14. The lowest BCUT2D eigenvalue weighted by Gasteiger charge is -2.23. The fourth-order valence-corrected chi connectivity index (χ4v) is 2.14. The molecule has 1 amide bonds. The second kappa shape index (κ2) is 8.57. The standard InChI is InChI=1S/C13H26N2O/c1-2-3-4-5-9-13(16)15-11-12-8-6-7-10-14-12/h12,14H,2-11H2,1H3,(H,15,16). The first-order valence-corrected chi connectivity index (χ1v) is 6.83. The molecule has 1 unspecified atom stereocenters. The molecular weight excluding hydrogens is 200 g/mol. The molecule has 1 atom stereocenters. The number of carbonyl (C=O) groups excluding carboxylic acids is 1. The fraction of sp³-hybridized carbons (Fsp3) is 0.923. The van der Waals surface area contributed by atoms with Crippen molar-refractivity contribution in [2.24, 2.45) is 0 Å². The average molecular weight is 226 g/mol. The van der Waals surface area contributed by atoms with E-state index in [9.17, 15) is 4.79 Å². The summed E-state index contributed by atoms with van der Waals surface area (Å²) < 4.78 is 0. The minimum absolute atomic E-state index is 0.225. The molecule has 2 N–H and O–H groups in total. The largest absolute Gasteiger partial charge is 0.355 e. The van der Waals surface area contributed by atoms with E-state index in [0.29, 0.717) is 12.5 Å². The van der Waals surface area contributed by atoms with E-state index >= 15 is 0 Å². The zero-order valence-corrected chi connectivity index (χ0v) is 10.6. The normalized spacial score (nSPS) is 20.7. The second-order valence-corrected chi connectivity index (χ2v) is 4.76. The van der Waals surface area contributed by atoms with E-state index in [2.05, 4.69) is 17.6 Å². The molecule has 1 fully saturated rings. The zero-order valence-electron chi connectivity index (χ0n) is 10.6. The average Bonchev–Trinajstić information content (AvgIpc) is 2.33. The number of unbranched alkanes of at least 4 members (excludes halogenated alkanes) is 3. The number of carbonyl (C=O) groups is 1. The van der Waals surface area contributed by atoms with Crippen LogP contribution in [0.15, 0.2) is 0 Å². The van der Waals surface area contributed by atoms with Crippen molar-refractivity contribution in [2.75, 3.05) is 13.1 Å². The van der Waals surface area contributed by atoms with Crippen LogP contribution in [-0.4, -0.2) is 25.0 Å². The van der Waals surface area contributed by atoms with Gasteiger partial charge in [0.15, 0.2) is 0 Å². The van der Waals surface area contributed by atoms with E-state index in [0.717, 1.165) is 19.5 Å². The van der Waals surface area contributed by atoms with Gasteiger partial charge in [0, 0.05) is 19.0 Å². The molecule has 0 aromatic heterocycles. The highest BCUT2D eigenvalue weighted by Crippen LogP contribution is 2.06. The van der Waals surface area contributed by atoms with E-state index in [4.69, 9.17) is 0 Å². The molecule has 16 heavy (non-hydrogen) atoms. The molecular formula is C13H26N2O. The first-order valence-electron chi connectivity index (χ1n) is 6.83. The van der Waals surface area contributed by atoms with Crippen molar-refractivity contribution in [1.29, 1.82) is 0 Å². The van der Waals surface area contributed by atoms with Crippen molar-refractivity contribution in [2.45, 2.75) is 64.3 Å². The number of rotatable bonds is 7. The Morgan fingerprint density at radius 2 is 2.19 bits per heavy atom. The topological polar surface area (TPSA) is 41.1 Å². The van der Waals surface area contributed by atoms with Crippen molar-refractivity contribution in [3.63, 3.8) is 0 Å². The predicted octanol–water partition coefficient (Wildman–Crippen LogP) is 2.22. The van der Waals surface area contributed by atoms with Crippen molar-refractivity contribution in [3.8, 4) is 0 Å². The lowest BCUT2D eigenvalue weighted by atomic mass is 10.1. The van der Waals surface area contributed by atoms with Crippen LogP contribution < -0.4 is 10.6 Å². The van der Waals surface area contributed by atoms with Gasteiger partial charge in [-0.1, -0.05) is 32.6 Å². The molecule has 3 heteroatoms. The minimum Gasteiger partial charge on any atom is -0.355 e. The molecule has 0 aliphatic carbocycles. The van der Waals surface area contributed by atoms with Crippen LogP contribution in [0.2, 0.25) is 0 Å². The Kier molecular flexibility index (Phi) is 7.23. The summed E-state index contributed by atoms with van der Waals surface area (Å²) in [5.74, 6) is 0.225. The van der Waals surface area contributed by atoms with Crippen LogP contribution in [0.25, 0.3) is 0 Å². The summed E-state index contributed by atoms with van der Waals surface area (Å²) in [6.45, 7) is 4.11. The van der Waals surface area contributed by atoms with E-state index in [1.165, 1.54) is 38.5 Å². The van der Waals surface area contributed by atoms with Crippen molar-refractivity contribution < 1.29 is 4.79 Å². The van der Waals surface area contributed by atoms with Gasteiger partial charge in [0.25, 0.3) is 0 Å². The highest BCUT2D eigenvalue weighted by molar-refractivity contribution is 5.75. The minimum atomic E-state index is 0.225. The van der Waals surface area contributed by atoms with Crippen LogP contribution in [0.3, 0.4) is 0 Å². The summed E-state index contributed by atoms with van der Waals surface area (Å²) in [5.41, 5.74) is 0. The first kappa shape index (κ1) is 13.5. The molecule has 1 aliphatic heterocycles. The summed E-state index contributed by atoms with van der Waals surface area (Å²) in [5, 5.41) is 6.46. The van der Waals surface area contributed by atoms with Gasteiger partial charge in [-0.2, -0.15) is 0 Å². The molecule has 0 aromatic carbocycles. The maximum Gasteiger partial charge on any atom is 0.220 e. The van der Waals surface area contributed by atoms with Crippen molar-refractivity contribution in [3.05, 3.63) is 0 Å². The third kappa shape index (κ3) is 6.11. The van der Waals surface area contributed by atoms with Crippen molar-refractivity contribution >= 4 is 5.91 Å². The first-order chi connectivity index (χ1) is 7.83. The van der Waals surface area contributed by atoms with Crippen LogP contribution in [0.4, 0.5) is 0 Å². The van der Waals surface area contributed by atoms with E-state index in [1.54, 1.807) is 0 Å². The van der Waals surface area contributed by atoms with Gasteiger partial charge >= 0.3 is 0 Å². The SMILES string of the molecule is CCCCCCC(=O)NCC1CCCCN1. The molecule has 1 heterocycles. The van der Waals surface area contributed by atoms with Crippen LogP contribution in [0.1, 0.15) is 58.3 Å². The molecule has 0 saturated carbocycles. The Balaban J connectivity index is 1.96. The Labute approximate surface area is 99.4 Å². The van der Waals surface area contributed by atoms with Gasteiger partial charge < -0.3 is 10.6 Å². The van der Waals surface area contributed by atoms with Crippen LogP contribution >= 0.6 is 0 Å². The number of amides is 1.